The van der Waals surface area contributed by atoms with Gasteiger partial charge in [0.05, 0.1) is 27.7 Å². The molecule has 0 fully saturated rings. The number of nitrogens with one attached hydrogen (secondary N) is 4. The number of hydrogen-bond donors (Lipinski definition) is 5. The van der Waals surface area contributed by atoms with Crippen molar-refractivity contribution in [1.82, 2.24) is 25.4 Å². The molecule has 0 radical (unpaired) electrons. The van der Waals surface area contributed by atoms with Crippen molar-refractivity contribution in [1.29, 1.82) is 0 Å². The molecule has 5 aromatic rings. The molecule has 9 nitrogen and oxygen atoms in total. The Morgan fingerprint density at radius 2 is 1.85 bits per heavy atom. The van der Waals surface area contributed by atoms with Crippen molar-refractivity contribution >= 4 is 33.4 Å². The van der Waals surface area contributed by atoms with Crippen LogP contribution in [0.5, 0.6) is 5.75 Å². The van der Waals surface area contributed by atoms with Crippen molar-refractivity contribution in [2.75, 3.05) is 18.5 Å². The highest BCUT2D eigenvalue weighted by molar-refractivity contribution is 5.91. The fourth-order valence-corrected chi connectivity index (χ4v) is 3.68. The molecule has 12 heteroatoms. The SMILES string of the molecule is NCCOc1cc(Nc2n[nH]c3ccccc23)nc(-c2cc3c(=O)[nH][nH]c3cc2C(F)(F)F)c1. The van der Waals surface area contributed by atoms with Crippen LogP contribution in [-0.2, 0) is 6.18 Å². The first-order valence-corrected chi connectivity index (χ1v) is 10.2. The summed E-state index contributed by atoms with van der Waals surface area (Å²) in [6.45, 7) is 0.361. The van der Waals surface area contributed by atoms with Crippen molar-refractivity contribution < 1.29 is 17.9 Å². The Bertz CT molecular complexity index is 1550. The van der Waals surface area contributed by atoms with Gasteiger partial charge in [-0.3, -0.25) is 20.1 Å². The van der Waals surface area contributed by atoms with Crippen LogP contribution in [-0.4, -0.2) is 38.5 Å². The van der Waals surface area contributed by atoms with Crippen molar-refractivity contribution in [3.05, 3.63) is 64.4 Å². The molecule has 3 aromatic heterocycles. The van der Waals surface area contributed by atoms with E-state index >= 15 is 0 Å². The summed E-state index contributed by atoms with van der Waals surface area (Å²) in [5, 5.41) is 15.7. The number of H-pyrrole nitrogens is 3. The molecule has 0 bridgehead atoms. The zero-order valence-corrected chi connectivity index (χ0v) is 17.5. The van der Waals surface area contributed by atoms with Crippen molar-refractivity contribution in [3.63, 3.8) is 0 Å². The van der Waals surface area contributed by atoms with Gasteiger partial charge < -0.3 is 15.8 Å². The Hall–Kier alpha value is -4.32. The van der Waals surface area contributed by atoms with Gasteiger partial charge in [0, 0.05) is 29.6 Å². The number of nitrogens with two attached hydrogens (primary N) is 1. The molecule has 34 heavy (non-hydrogen) atoms. The van der Waals surface area contributed by atoms with Gasteiger partial charge in [-0.2, -0.15) is 18.3 Å². The summed E-state index contributed by atoms with van der Waals surface area (Å²) in [5.41, 5.74) is 4.55. The van der Waals surface area contributed by atoms with Gasteiger partial charge in [0.15, 0.2) is 5.82 Å². The van der Waals surface area contributed by atoms with E-state index in [4.69, 9.17) is 10.5 Å². The summed E-state index contributed by atoms with van der Waals surface area (Å²) in [6.07, 6.45) is -4.69. The fraction of sp³-hybridized carbons (Fsp3) is 0.136. The van der Waals surface area contributed by atoms with Gasteiger partial charge in [-0.05, 0) is 24.3 Å². The van der Waals surface area contributed by atoms with E-state index in [1.807, 2.05) is 24.3 Å². The highest BCUT2D eigenvalue weighted by Crippen LogP contribution is 2.39. The van der Waals surface area contributed by atoms with Crippen LogP contribution in [0.4, 0.5) is 24.8 Å². The van der Waals surface area contributed by atoms with Gasteiger partial charge >= 0.3 is 6.18 Å². The largest absolute Gasteiger partial charge is 0.492 e. The molecular formula is C22H18F3N7O2. The second-order valence-electron chi connectivity index (χ2n) is 7.47. The van der Waals surface area contributed by atoms with Crippen LogP contribution in [0.1, 0.15) is 5.56 Å². The number of aromatic amines is 3. The molecule has 0 aliphatic rings. The van der Waals surface area contributed by atoms with Crippen molar-refractivity contribution in [3.8, 4) is 17.0 Å². The third-order valence-corrected chi connectivity index (χ3v) is 5.20. The molecule has 0 aliphatic carbocycles. The van der Waals surface area contributed by atoms with E-state index in [1.165, 1.54) is 12.1 Å². The quantitative estimate of drug-likeness (QED) is 0.256. The lowest BCUT2D eigenvalue weighted by Gasteiger charge is -2.15. The molecule has 0 saturated carbocycles. The number of anilines is 2. The minimum absolute atomic E-state index is 0.0355. The number of ether oxygens (including phenoxy) is 1. The average Bonchev–Trinajstić information content (AvgIpc) is 3.39. The molecule has 6 N–H and O–H groups in total. The average molecular weight is 469 g/mol. The lowest BCUT2D eigenvalue weighted by atomic mass is 10.0. The molecule has 0 spiro atoms. The molecule has 0 amide bonds. The molecule has 0 unspecified atom stereocenters. The smallest absolute Gasteiger partial charge is 0.417 e. The van der Waals surface area contributed by atoms with Crippen molar-refractivity contribution in [2.45, 2.75) is 6.18 Å². The third-order valence-electron chi connectivity index (χ3n) is 5.20. The van der Waals surface area contributed by atoms with Crippen LogP contribution in [0.3, 0.4) is 0 Å². The third kappa shape index (κ3) is 3.94. The summed E-state index contributed by atoms with van der Waals surface area (Å²) >= 11 is 0. The minimum atomic E-state index is -4.69. The number of aromatic nitrogens is 5. The minimum Gasteiger partial charge on any atom is -0.492 e. The van der Waals surface area contributed by atoms with E-state index in [0.29, 0.717) is 5.82 Å². The molecule has 0 saturated heterocycles. The van der Waals surface area contributed by atoms with Gasteiger partial charge in [0.1, 0.15) is 18.2 Å². The summed E-state index contributed by atoms with van der Waals surface area (Å²) in [7, 11) is 0. The molecule has 0 aliphatic heterocycles. The summed E-state index contributed by atoms with van der Waals surface area (Å²) in [5.74, 6) is 0.908. The lowest BCUT2D eigenvalue weighted by molar-refractivity contribution is -0.137. The lowest BCUT2D eigenvalue weighted by Crippen LogP contribution is -2.11. The number of fused-ring (bicyclic) bond motifs is 2. The molecule has 3 heterocycles. The number of alkyl halides is 3. The Kier molecular flexibility index (Phi) is 5.21. The Morgan fingerprint density at radius 1 is 1.03 bits per heavy atom. The maximum atomic E-state index is 13.9. The molecule has 174 valence electrons. The van der Waals surface area contributed by atoms with E-state index < -0.39 is 17.3 Å². The van der Waals surface area contributed by atoms with Gasteiger partial charge in [0.25, 0.3) is 5.56 Å². The van der Waals surface area contributed by atoms with E-state index in [9.17, 15) is 18.0 Å². The molecule has 2 aromatic carbocycles. The Morgan fingerprint density at radius 3 is 2.65 bits per heavy atom. The normalized spacial score (nSPS) is 11.9. The standard InChI is InChI=1S/C22H18F3N7O2/c23-22(24,25)15-10-18-14(21(33)32-30-18)9-13(15)17-7-11(34-6-5-26)8-19(27-17)28-20-12-3-1-2-4-16(12)29-31-20/h1-4,7-10H,5-6,26H2,(H2,30,32,33)(H2,27,28,29,31). The highest BCUT2D eigenvalue weighted by Gasteiger charge is 2.35. The Labute approximate surface area is 189 Å². The second kappa shape index (κ2) is 8.23. The first kappa shape index (κ1) is 21.5. The first-order chi connectivity index (χ1) is 16.3. The van der Waals surface area contributed by atoms with Gasteiger partial charge in [0.2, 0.25) is 0 Å². The predicted molar refractivity (Wildman–Crippen MR) is 121 cm³/mol. The topological polar surface area (TPSA) is 138 Å². The van der Waals surface area contributed by atoms with E-state index in [2.05, 4.69) is 30.7 Å². The van der Waals surface area contributed by atoms with Crippen LogP contribution in [0.2, 0.25) is 0 Å². The maximum Gasteiger partial charge on any atom is 0.417 e. The number of rotatable bonds is 6. The van der Waals surface area contributed by atoms with Gasteiger partial charge in [-0.25, -0.2) is 4.98 Å². The Balaban J connectivity index is 1.67. The highest BCUT2D eigenvalue weighted by atomic mass is 19.4. The monoisotopic (exact) mass is 469 g/mol. The van der Waals surface area contributed by atoms with Crippen LogP contribution in [0.15, 0.2) is 53.3 Å². The van der Waals surface area contributed by atoms with Gasteiger partial charge in [-0.1, -0.05) is 12.1 Å². The number of hydrogen-bond acceptors (Lipinski definition) is 6. The molecule has 5 rings (SSSR count). The van der Waals surface area contributed by atoms with Crippen LogP contribution in [0, 0.1) is 0 Å². The zero-order valence-electron chi connectivity index (χ0n) is 17.5. The summed E-state index contributed by atoms with van der Waals surface area (Å²) in [4.78, 5) is 16.5. The van der Waals surface area contributed by atoms with Crippen LogP contribution in [0.25, 0.3) is 33.1 Å². The van der Waals surface area contributed by atoms with Crippen molar-refractivity contribution in [2.24, 2.45) is 5.73 Å². The molecule has 0 atom stereocenters. The maximum absolute atomic E-state index is 13.9. The van der Waals surface area contributed by atoms with Crippen LogP contribution >= 0.6 is 0 Å². The number of pyridine rings is 1. The number of benzene rings is 2. The van der Waals surface area contributed by atoms with E-state index in [1.54, 1.807) is 0 Å². The second-order valence-corrected chi connectivity index (χ2v) is 7.47. The number of nitrogens with zero attached hydrogens (tertiary/aromatic N) is 2. The number of halogens is 3. The van der Waals surface area contributed by atoms with Gasteiger partial charge in [-0.15, -0.1) is 0 Å². The number of para-hydroxylation sites is 1. The summed E-state index contributed by atoms with van der Waals surface area (Å²) < 4.78 is 47.4. The summed E-state index contributed by atoms with van der Waals surface area (Å²) in [6, 6.07) is 12.3. The van der Waals surface area contributed by atoms with Crippen LogP contribution < -0.4 is 21.3 Å². The van der Waals surface area contributed by atoms with E-state index in [-0.39, 0.29) is 46.9 Å². The first-order valence-electron chi connectivity index (χ1n) is 10.2. The zero-order chi connectivity index (χ0) is 23.9. The predicted octanol–water partition coefficient (Wildman–Crippen LogP) is 3.89. The van der Waals surface area contributed by atoms with E-state index in [0.717, 1.165) is 23.0 Å². The molecular weight excluding hydrogens is 451 g/mol. The fourth-order valence-electron chi connectivity index (χ4n) is 3.68.